The molecule has 0 radical (unpaired) electrons. The van der Waals surface area contributed by atoms with Crippen LogP contribution in [0.3, 0.4) is 0 Å². The van der Waals surface area contributed by atoms with E-state index in [1.54, 1.807) is 17.7 Å². The molecule has 4 rings (SSSR count). The lowest BCUT2D eigenvalue weighted by Crippen LogP contribution is -2.20. The zero-order valence-electron chi connectivity index (χ0n) is 15.0. The average Bonchev–Trinajstić information content (AvgIpc) is 3.07. The molecular weight excluding hydrogens is 422 g/mol. The molecule has 2 aromatic heterocycles. The van der Waals surface area contributed by atoms with Gasteiger partial charge in [-0.3, -0.25) is 4.79 Å². The van der Waals surface area contributed by atoms with Crippen molar-refractivity contribution in [3.63, 3.8) is 0 Å². The highest BCUT2D eigenvalue weighted by molar-refractivity contribution is 9.10. The highest BCUT2D eigenvalue weighted by atomic mass is 79.9. The van der Waals surface area contributed by atoms with E-state index in [0.717, 1.165) is 15.7 Å². The first-order valence-electron chi connectivity index (χ1n) is 8.73. The molecule has 140 valence electrons. The maximum absolute atomic E-state index is 12.5. The number of benzene rings is 2. The molecule has 1 N–H and O–H groups in total. The normalized spacial score (nSPS) is 10.9. The highest BCUT2D eigenvalue weighted by Gasteiger charge is 2.20. The number of ether oxygens (including phenoxy) is 1. The van der Waals surface area contributed by atoms with Crippen molar-refractivity contribution in [1.82, 2.24) is 14.8 Å². The number of esters is 1. The van der Waals surface area contributed by atoms with Crippen molar-refractivity contribution in [2.24, 2.45) is 0 Å². The van der Waals surface area contributed by atoms with Crippen LogP contribution in [0.2, 0.25) is 0 Å². The van der Waals surface area contributed by atoms with Crippen molar-refractivity contribution in [2.75, 3.05) is 6.61 Å². The molecule has 6 nitrogen and oxygen atoms in total. The van der Waals surface area contributed by atoms with Gasteiger partial charge in [0.15, 0.2) is 0 Å². The van der Waals surface area contributed by atoms with Gasteiger partial charge < -0.3 is 9.72 Å². The number of carbonyl (C=O) groups excluding carboxylic acids is 1. The Bertz CT molecular complexity index is 1210. The fourth-order valence-corrected chi connectivity index (χ4v) is 3.27. The Morgan fingerprint density at radius 3 is 2.54 bits per heavy atom. The van der Waals surface area contributed by atoms with E-state index in [9.17, 15) is 9.59 Å². The Morgan fingerprint density at radius 2 is 1.86 bits per heavy atom. The first-order valence-corrected chi connectivity index (χ1v) is 9.52. The summed E-state index contributed by atoms with van der Waals surface area (Å²) in [6, 6.07) is 18.7. The van der Waals surface area contributed by atoms with Gasteiger partial charge in [0.1, 0.15) is 16.9 Å². The fraction of sp³-hybridized carbons (Fsp3) is 0.0952. The Hall–Kier alpha value is -3.19. The van der Waals surface area contributed by atoms with Crippen molar-refractivity contribution in [1.29, 1.82) is 0 Å². The van der Waals surface area contributed by atoms with Gasteiger partial charge >= 0.3 is 5.97 Å². The van der Waals surface area contributed by atoms with Crippen LogP contribution in [0.25, 0.3) is 28.0 Å². The number of carbonyl (C=O) groups is 1. The number of aromatic amines is 1. The second-order valence-corrected chi connectivity index (χ2v) is 7.01. The maximum atomic E-state index is 12.5. The molecule has 0 atom stereocenters. The van der Waals surface area contributed by atoms with Crippen LogP contribution in [0.4, 0.5) is 0 Å². The molecule has 4 aromatic rings. The molecule has 0 bridgehead atoms. The van der Waals surface area contributed by atoms with Crippen LogP contribution < -0.4 is 5.56 Å². The summed E-state index contributed by atoms with van der Waals surface area (Å²) in [5.41, 5.74) is 2.29. The number of halogens is 1. The number of nitrogens with one attached hydrogen (secondary N) is 1. The largest absolute Gasteiger partial charge is 0.462 e. The number of rotatable bonds is 4. The molecule has 0 fully saturated rings. The van der Waals surface area contributed by atoms with Crippen molar-refractivity contribution in [3.8, 4) is 16.9 Å². The summed E-state index contributed by atoms with van der Waals surface area (Å²) in [4.78, 5) is 27.5. The molecule has 7 heteroatoms. The lowest BCUT2D eigenvalue weighted by atomic mass is 10.1. The lowest BCUT2D eigenvalue weighted by molar-refractivity contribution is 0.0524. The predicted molar refractivity (Wildman–Crippen MR) is 111 cm³/mol. The van der Waals surface area contributed by atoms with Crippen molar-refractivity contribution in [2.45, 2.75) is 6.92 Å². The summed E-state index contributed by atoms with van der Waals surface area (Å²) >= 11 is 3.43. The van der Waals surface area contributed by atoms with Crippen molar-refractivity contribution in [3.05, 3.63) is 81.1 Å². The monoisotopic (exact) mass is 437 g/mol. The Balaban J connectivity index is 2.01. The molecule has 0 aliphatic rings. The number of nitrogens with zero attached hydrogens (tertiary/aromatic N) is 2. The molecule has 0 unspecified atom stereocenters. The molecule has 0 saturated heterocycles. The molecule has 0 saturated carbocycles. The van der Waals surface area contributed by atoms with Crippen LogP contribution in [0, 0.1) is 0 Å². The van der Waals surface area contributed by atoms with E-state index in [1.165, 1.54) is 0 Å². The third kappa shape index (κ3) is 3.25. The zero-order valence-corrected chi connectivity index (χ0v) is 16.6. The SMILES string of the molecule is CCOC(=O)c1cc2c(-c3ccc(Br)cc3)nn(-c3ccccc3)c2[nH]c1=O. The number of hydrogen-bond acceptors (Lipinski definition) is 4. The van der Waals surface area contributed by atoms with Gasteiger partial charge in [-0.1, -0.05) is 46.3 Å². The summed E-state index contributed by atoms with van der Waals surface area (Å²) in [5, 5.41) is 5.39. The summed E-state index contributed by atoms with van der Waals surface area (Å²) in [7, 11) is 0. The van der Waals surface area contributed by atoms with Crippen molar-refractivity contribution >= 4 is 32.9 Å². The van der Waals surface area contributed by atoms with E-state index in [1.807, 2.05) is 54.6 Å². The van der Waals surface area contributed by atoms with Crippen LogP contribution in [-0.2, 0) is 4.74 Å². The van der Waals surface area contributed by atoms with E-state index in [-0.39, 0.29) is 12.2 Å². The fourth-order valence-electron chi connectivity index (χ4n) is 3.01. The van der Waals surface area contributed by atoms with E-state index in [0.29, 0.717) is 16.7 Å². The Labute approximate surface area is 168 Å². The molecule has 28 heavy (non-hydrogen) atoms. The van der Waals surface area contributed by atoms with Gasteiger partial charge in [0.05, 0.1) is 12.3 Å². The maximum Gasteiger partial charge on any atom is 0.343 e. The quantitative estimate of drug-likeness (QED) is 0.482. The second kappa shape index (κ2) is 7.44. The Morgan fingerprint density at radius 1 is 1.14 bits per heavy atom. The number of aromatic nitrogens is 3. The number of H-pyrrole nitrogens is 1. The summed E-state index contributed by atoms with van der Waals surface area (Å²) < 4.78 is 7.64. The van der Waals surface area contributed by atoms with Gasteiger partial charge in [0, 0.05) is 15.4 Å². The van der Waals surface area contributed by atoms with Gasteiger partial charge in [0.25, 0.3) is 5.56 Å². The van der Waals surface area contributed by atoms with Crippen LogP contribution in [0.5, 0.6) is 0 Å². The predicted octanol–water partition coefficient (Wildman–Crippen LogP) is 4.32. The van der Waals surface area contributed by atoms with Gasteiger partial charge in [-0.2, -0.15) is 5.10 Å². The van der Waals surface area contributed by atoms with E-state index in [2.05, 4.69) is 20.9 Å². The molecular formula is C21H16BrN3O3. The van der Waals surface area contributed by atoms with E-state index >= 15 is 0 Å². The summed E-state index contributed by atoms with van der Waals surface area (Å²) in [6.07, 6.45) is 0. The van der Waals surface area contributed by atoms with Crippen molar-refractivity contribution < 1.29 is 9.53 Å². The second-order valence-electron chi connectivity index (χ2n) is 6.10. The minimum atomic E-state index is -0.653. The third-order valence-corrected chi connectivity index (χ3v) is 4.83. The highest BCUT2D eigenvalue weighted by Crippen LogP contribution is 2.29. The van der Waals surface area contributed by atoms with E-state index < -0.39 is 11.5 Å². The minimum absolute atomic E-state index is 0.0414. The average molecular weight is 438 g/mol. The lowest BCUT2D eigenvalue weighted by Gasteiger charge is -2.04. The zero-order chi connectivity index (χ0) is 19.7. The first-order chi connectivity index (χ1) is 13.6. The standard InChI is InChI=1S/C21H16BrN3O3/c1-2-28-21(27)17-12-16-18(13-8-10-14(22)11-9-13)24-25(19(16)23-20(17)26)15-6-4-3-5-7-15/h3-12H,2H2,1H3,(H,23,26). The molecule has 0 aliphatic carbocycles. The smallest absolute Gasteiger partial charge is 0.343 e. The number of pyridine rings is 1. The molecule has 0 amide bonds. The van der Waals surface area contributed by atoms with Crippen LogP contribution in [0.15, 0.2) is 69.9 Å². The summed E-state index contributed by atoms with van der Waals surface area (Å²) in [5.74, 6) is -0.653. The van der Waals surface area contributed by atoms with Gasteiger partial charge in [0.2, 0.25) is 0 Å². The topological polar surface area (TPSA) is 77.0 Å². The number of hydrogen-bond donors (Lipinski definition) is 1. The molecule has 2 aromatic carbocycles. The van der Waals surface area contributed by atoms with Crippen LogP contribution in [0.1, 0.15) is 17.3 Å². The van der Waals surface area contributed by atoms with Crippen LogP contribution in [-0.4, -0.2) is 27.3 Å². The molecule has 2 heterocycles. The number of fused-ring (bicyclic) bond motifs is 1. The first kappa shape index (κ1) is 18.2. The third-order valence-electron chi connectivity index (χ3n) is 4.30. The van der Waals surface area contributed by atoms with Gasteiger partial charge in [-0.15, -0.1) is 0 Å². The van der Waals surface area contributed by atoms with Crippen LogP contribution >= 0.6 is 15.9 Å². The molecule has 0 spiro atoms. The van der Waals surface area contributed by atoms with E-state index in [4.69, 9.17) is 9.84 Å². The number of para-hydroxylation sites is 1. The van der Waals surface area contributed by atoms with Gasteiger partial charge in [-0.25, -0.2) is 9.48 Å². The molecule has 0 aliphatic heterocycles. The summed E-state index contributed by atoms with van der Waals surface area (Å²) in [6.45, 7) is 1.89. The minimum Gasteiger partial charge on any atom is -0.462 e. The van der Waals surface area contributed by atoms with Gasteiger partial charge in [-0.05, 0) is 37.3 Å². The Kier molecular flexibility index (Phi) is 4.83.